The molecule has 3 rings (SSSR count). The number of nitrogens with one attached hydrogen (secondary N) is 1. The summed E-state index contributed by atoms with van der Waals surface area (Å²) in [5.74, 6) is 1.14. The van der Waals surface area contributed by atoms with Crippen LogP contribution in [0.1, 0.15) is 12.0 Å². The molecule has 2 aromatic rings. The number of hydrogen-bond donors (Lipinski definition) is 1. The minimum absolute atomic E-state index is 1.04. The van der Waals surface area contributed by atoms with Crippen molar-refractivity contribution in [1.29, 1.82) is 0 Å². The van der Waals surface area contributed by atoms with E-state index in [-0.39, 0.29) is 0 Å². The summed E-state index contributed by atoms with van der Waals surface area (Å²) in [7, 11) is 0. The third kappa shape index (κ3) is 2.18. The van der Waals surface area contributed by atoms with Gasteiger partial charge in [0.2, 0.25) is 0 Å². The number of pyridine rings is 1. The summed E-state index contributed by atoms with van der Waals surface area (Å²) in [5.41, 5.74) is 1.30. The van der Waals surface area contributed by atoms with Gasteiger partial charge < -0.3 is 10.2 Å². The number of hydrogen-bond acceptors (Lipinski definition) is 3. The lowest BCUT2D eigenvalue weighted by molar-refractivity contribution is 0.724. The molecule has 1 aliphatic heterocycles. The van der Waals surface area contributed by atoms with Crippen LogP contribution in [0.2, 0.25) is 0 Å². The van der Waals surface area contributed by atoms with Crippen molar-refractivity contribution in [3.8, 4) is 0 Å². The summed E-state index contributed by atoms with van der Waals surface area (Å²) in [4.78, 5) is 7.00. The van der Waals surface area contributed by atoms with Gasteiger partial charge in [0.15, 0.2) is 0 Å². The highest BCUT2D eigenvalue weighted by atomic mass is 15.2. The van der Waals surface area contributed by atoms with Crippen LogP contribution in [-0.2, 0) is 0 Å². The fourth-order valence-electron chi connectivity index (χ4n) is 2.59. The molecule has 1 aliphatic rings. The summed E-state index contributed by atoms with van der Waals surface area (Å²) in [6.07, 6.45) is 3.11. The Labute approximate surface area is 108 Å². The van der Waals surface area contributed by atoms with E-state index in [0.29, 0.717) is 0 Å². The van der Waals surface area contributed by atoms with E-state index < -0.39 is 0 Å². The van der Waals surface area contributed by atoms with Crippen LogP contribution in [0.5, 0.6) is 0 Å². The molecule has 0 unspecified atom stereocenters. The fraction of sp³-hybridized carbons (Fsp3) is 0.400. The molecular weight excluding hydrogens is 222 g/mol. The van der Waals surface area contributed by atoms with Crippen molar-refractivity contribution in [2.24, 2.45) is 0 Å². The van der Waals surface area contributed by atoms with Crippen LogP contribution < -0.4 is 10.2 Å². The van der Waals surface area contributed by atoms with Crippen molar-refractivity contribution >= 4 is 16.6 Å². The molecule has 2 heterocycles. The van der Waals surface area contributed by atoms with Crippen LogP contribution in [0.4, 0.5) is 5.82 Å². The normalized spacial score (nSPS) is 16.8. The first-order valence-electron chi connectivity index (χ1n) is 6.66. The topological polar surface area (TPSA) is 28.2 Å². The third-order valence-corrected chi connectivity index (χ3v) is 3.54. The van der Waals surface area contributed by atoms with Crippen molar-refractivity contribution in [3.63, 3.8) is 0 Å². The van der Waals surface area contributed by atoms with Gasteiger partial charge in [0.25, 0.3) is 0 Å². The first kappa shape index (κ1) is 11.5. The van der Waals surface area contributed by atoms with Crippen molar-refractivity contribution in [2.75, 3.05) is 31.1 Å². The summed E-state index contributed by atoms with van der Waals surface area (Å²) in [5, 5.41) is 5.99. The molecule has 1 fully saturated rings. The van der Waals surface area contributed by atoms with Crippen LogP contribution in [-0.4, -0.2) is 31.2 Å². The minimum Gasteiger partial charge on any atom is -0.355 e. The highest BCUT2D eigenvalue weighted by Gasteiger charge is 2.13. The van der Waals surface area contributed by atoms with Crippen molar-refractivity contribution < 1.29 is 0 Å². The third-order valence-electron chi connectivity index (χ3n) is 3.54. The largest absolute Gasteiger partial charge is 0.355 e. The predicted molar refractivity (Wildman–Crippen MR) is 76.2 cm³/mol. The standard InChI is InChI=1S/C15H19N3/c1-12-3-4-14-13(11-12)5-7-17-15(14)18-9-2-6-16-8-10-18/h3-5,7,11,16H,2,6,8-10H2,1H3. The van der Waals surface area contributed by atoms with Gasteiger partial charge in [-0.15, -0.1) is 0 Å². The first-order valence-corrected chi connectivity index (χ1v) is 6.66. The molecule has 0 bridgehead atoms. The molecule has 1 N–H and O–H groups in total. The Morgan fingerprint density at radius 2 is 2.11 bits per heavy atom. The van der Waals surface area contributed by atoms with Gasteiger partial charge in [0, 0.05) is 31.2 Å². The fourth-order valence-corrected chi connectivity index (χ4v) is 2.59. The molecule has 0 amide bonds. The van der Waals surface area contributed by atoms with Gasteiger partial charge in [-0.1, -0.05) is 23.8 Å². The molecule has 0 atom stereocenters. The second kappa shape index (κ2) is 4.94. The van der Waals surface area contributed by atoms with Crippen molar-refractivity contribution in [3.05, 3.63) is 36.0 Å². The number of fused-ring (bicyclic) bond motifs is 1. The molecule has 0 spiro atoms. The molecule has 1 aromatic heterocycles. The van der Waals surface area contributed by atoms with Gasteiger partial charge in [-0.3, -0.25) is 0 Å². The van der Waals surface area contributed by atoms with Crippen LogP contribution in [0.25, 0.3) is 10.8 Å². The second-order valence-electron chi connectivity index (χ2n) is 4.95. The zero-order valence-corrected chi connectivity index (χ0v) is 10.8. The van der Waals surface area contributed by atoms with Crippen LogP contribution in [0, 0.1) is 6.92 Å². The maximum absolute atomic E-state index is 4.60. The second-order valence-corrected chi connectivity index (χ2v) is 4.95. The van der Waals surface area contributed by atoms with Gasteiger partial charge in [0.05, 0.1) is 0 Å². The Morgan fingerprint density at radius 1 is 1.17 bits per heavy atom. The highest BCUT2D eigenvalue weighted by molar-refractivity contribution is 5.92. The Hall–Kier alpha value is -1.61. The van der Waals surface area contributed by atoms with E-state index in [4.69, 9.17) is 0 Å². The molecule has 94 valence electrons. The molecule has 0 saturated carbocycles. The lowest BCUT2D eigenvalue weighted by Gasteiger charge is -2.22. The monoisotopic (exact) mass is 241 g/mol. The highest BCUT2D eigenvalue weighted by Crippen LogP contribution is 2.25. The van der Waals surface area contributed by atoms with E-state index in [9.17, 15) is 0 Å². The molecule has 0 radical (unpaired) electrons. The molecule has 3 heteroatoms. The Kier molecular flexibility index (Phi) is 3.15. The quantitative estimate of drug-likeness (QED) is 0.830. The van der Waals surface area contributed by atoms with Gasteiger partial charge >= 0.3 is 0 Å². The predicted octanol–water partition coefficient (Wildman–Crippen LogP) is 2.34. The maximum Gasteiger partial charge on any atom is 0.136 e. The first-order chi connectivity index (χ1) is 8.84. The van der Waals surface area contributed by atoms with Crippen LogP contribution >= 0.6 is 0 Å². The number of anilines is 1. The Morgan fingerprint density at radius 3 is 3.06 bits per heavy atom. The van der Waals surface area contributed by atoms with Gasteiger partial charge in [-0.25, -0.2) is 4.98 Å². The molecule has 1 saturated heterocycles. The Bertz CT molecular complexity index is 542. The average molecular weight is 241 g/mol. The number of aryl methyl sites for hydroxylation is 1. The molecular formula is C15H19N3. The molecule has 0 aliphatic carbocycles. The SMILES string of the molecule is Cc1ccc2c(N3CCCNCC3)nccc2c1. The van der Waals surface area contributed by atoms with E-state index >= 15 is 0 Å². The van der Waals surface area contributed by atoms with Gasteiger partial charge in [-0.2, -0.15) is 0 Å². The molecule has 3 nitrogen and oxygen atoms in total. The summed E-state index contributed by atoms with van der Waals surface area (Å²) in [6.45, 7) is 6.42. The summed E-state index contributed by atoms with van der Waals surface area (Å²) >= 11 is 0. The van der Waals surface area contributed by atoms with E-state index in [2.05, 4.69) is 46.4 Å². The maximum atomic E-state index is 4.60. The Balaban J connectivity index is 2.04. The van der Waals surface area contributed by atoms with E-state index in [1.54, 1.807) is 0 Å². The minimum atomic E-state index is 1.04. The zero-order chi connectivity index (χ0) is 12.4. The number of nitrogens with zero attached hydrogens (tertiary/aromatic N) is 2. The van der Waals surface area contributed by atoms with Crippen molar-refractivity contribution in [1.82, 2.24) is 10.3 Å². The van der Waals surface area contributed by atoms with Crippen LogP contribution in [0.3, 0.4) is 0 Å². The molecule has 18 heavy (non-hydrogen) atoms. The van der Waals surface area contributed by atoms with Gasteiger partial charge in [-0.05, 0) is 31.3 Å². The van der Waals surface area contributed by atoms with Gasteiger partial charge in [0.1, 0.15) is 5.82 Å². The number of aromatic nitrogens is 1. The van der Waals surface area contributed by atoms with Crippen LogP contribution in [0.15, 0.2) is 30.5 Å². The lowest BCUT2D eigenvalue weighted by atomic mass is 10.1. The van der Waals surface area contributed by atoms with E-state index in [1.807, 2.05) is 6.20 Å². The zero-order valence-electron chi connectivity index (χ0n) is 10.8. The van der Waals surface area contributed by atoms with Crippen molar-refractivity contribution in [2.45, 2.75) is 13.3 Å². The number of benzene rings is 1. The molecule has 1 aromatic carbocycles. The average Bonchev–Trinajstić information content (AvgIpc) is 2.66. The smallest absolute Gasteiger partial charge is 0.136 e. The lowest BCUT2D eigenvalue weighted by Crippen LogP contribution is -2.28. The number of rotatable bonds is 1. The summed E-state index contributed by atoms with van der Waals surface area (Å²) in [6, 6.07) is 8.70. The van der Waals surface area contributed by atoms with E-state index in [1.165, 1.54) is 22.8 Å². The van der Waals surface area contributed by atoms with E-state index in [0.717, 1.165) is 32.0 Å². The summed E-state index contributed by atoms with van der Waals surface area (Å²) < 4.78 is 0.